The third kappa shape index (κ3) is 5.66. The molecule has 0 bridgehead atoms. The first kappa shape index (κ1) is 32.6. The molecule has 50 heavy (non-hydrogen) atoms. The van der Waals surface area contributed by atoms with Crippen molar-refractivity contribution in [1.82, 2.24) is 19.0 Å². The number of aromatic nitrogens is 3. The van der Waals surface area contributed by atoms with E-state index in [1.807, 2.05) is 29.9 Å². The van der Waals surface area contributed by atoms with E-state index in [-0.39, 0.29) is 34.7 Å². The van der Waals surface area contributed by atoms with Gasteiger partial charge < -0.3 is 19.1 Å². The van der Waals surface area contributed by atoms with Crippen LogP contribution in [-0.2, 0) is 27.1 Å². The Balaban J connectivity index is 1.32. The van der Waals surface area contributed by atoms with Gasteiger partial charge in [-0.3, -0.25) is 14.5 Å². The second kappa shape index (κ2) is 12.2. The molecule has 0 radical (unpaired) electrons. The standard InChI is InChI=1S/C38H31F4N5O3/c1-22-31(37(50)47(27-9-11-29(48)12-10-27)28-16-24-14-15-44(2)35(24)43-20-28)19-33(45(22)3)32-18-26(39)8-13-30(32)36(49)46-21-25-7-5-4-6-23(25)17-34(46)38(40,41)42/h4-16,18-20,34,48H,17,21H2,1-3H3/t34-/m0/s1. The zero-order valence-corrected chi connectivity index (χ0v) is 27.2. The van der Waals surface area contributed by atoms with E-state index in [2.05, 4.69) is 4.98 Å². The highest BCUT2D eigenvalue weighted by molar-refractivity contribution is 6.13. The van der Waals surface area contributed by atoms with Gasteiger partial charge in [0, 0.05) is 66.8 Å². The quantitative estimate of drug-likeness (QED) is 0.188. The monoisotopic (exact) mass is 681 g/mol. The number of alkyl halides is 3. The summed E-state index contributed by atoms with van der Waals surface area (Å²) in [5.74, 6) is -2.09. The van der Waals surface area contributed by atoms with Crippen molar-refractivity contribution < 1.29 is 32.3 Å². The number of aromatic hydroxyl groups is 1. The maximum atomic E-state index is 14.9. The lowest BCUT2D eigenvalue weighted by molar-refractivity contribution is -0.179. The summed E-state index contributed by atoms with van der Waals surface area (Å²) >= 11 is 0. The van der Waals surface area contributed by atoms with Crippen molar-refractivity contribution in [3.8, 4) is 17.0 Å². The molecule has 3 aromatic heterocycles. The lowest BCUT2D eigenvalue weighted by Crippen LogP contribution is -2.52. The van der Waals surface area contributed by atoms with Gasteiger partial charge in [-0.25, -0.2) is 9.37 Å². The van der Waals surface area contributed by atoms with E-state index in [4.69, 9.17) is 0 Å². The number of carbonyl (C=O) groups is 2. The highest BCUT2D eigenvalue weighted by Gasteiger charge is 2.48. The van der Waals surface area contributed by atoms with Gasteiger partial charge in [-0.1, -0.05) is 24.3 Å². The van der Waals surface area contributed by atoms with Crippen LogP contribution >= 0.6 is 0 Å². The Labute approximate surface area is 284 Å². The number of amides is 2. The molecule has 0 saturated heterocycles. The molecule has 3 aromatic carbocycles. The topological polar surface area (TPSA) is 83.6 Å². The summed E-state index contributed by atoms with van der Waals surface area (Å²) in [6.45, 7) is 1.42. The minimum absolute atomic E-state index is 0.00391. The number of benzene rings is 3. The molecular weight excluding hydrogens is 650 g/mol. The Morgan fingerprint density at radius 3 is 2.34 bits per heavy atom. The van der Waals surface area contributed by atoms with Gasteiger partial charge in [0.25, 0.3) is 11.8 Å². The van der Waals surface area contributed by atoms with Crippen LogP contribution in [0.2, 0.25) is 0 Å². The second-order valence-corrected chi connectivity index (χ2v) is 12.4. The Hall–Kier alpha value is -5.91. The van der Waals surface area contributed by atoms with Crippen LogP contribution in [0.1, 0.15) is 37.5 Å². The molecule has 2 amide bonds. The molecule has 1 N–H and O–H groups in total. The van der Waals surface area contributed by atoms with Gasteiger partial charge in [-0.15, -0.1) is 0 Å². The van der Waals surface area contributed by atoms with Crippen LogP contribution < -0.4 is 4.90 Å². The molecule has 254 valence electrons. The molecule has 4 heterocycles. The molecule has 0 aliphatic carbocycles. The van der Waals surface area contributed by atoms with Crippen LogP contribution in [0.15, 0.2) is 97.3 Å². The van der Waals surface area contributed by atoms with Crippen LogP contribution in [0, 0.1) is 12.7 Å². The van der Waals surface area contributed by atoms with Crippen molar-refractivity contribution in [3.05, 3.63) is 131 Å². The molecule has 0 spiro atoms. The summed E-state index contributed by atoms with van der Waals surface area (Å²) in [7, 11) is 3.49. The summed E-state index contributed by atoms with van der Waals surface area (Å²) < 4.78 is 61.6. The number of hydrogen-bond donors (Lipinski definition) is 1. The van der Waals surface area contributed by atoms with Crippen LogP contribution in [0.25, 0.3) is 22.3 Å². The van der Waals surface area contributed by atoms with Crippen molar-refractivity contribution >= 4 is 34.2 Å². The third-order valence-electron chi connectivity index (χ3n) is 9.40. The van der Waals surface area contributed by atoms with Crippen molar-refractivity contribution in [1.29, 1.82) is 0 Å². The number of nitrogens with zero attached hydrogens (tertiary/aromatic N) is 5. The molecule has 6 aromatic rings. The van der Waals surface area contributed by atoms with Gasteiger partial charge in [0.05, 0.1) is 17.4 Å². The fourth-order valence-electron chi connectivity index (χ4n) is 6.64. The van der Waals surface area contributed by atoms with Crippen molar-refractivity contribution in [2.24, 2.45) is 14.1 Å². The Bertz CT molecular complexity index is 2290. The third-order valence-corrected chi connectivity index (χ3v) is 9.40. The average Bonchev–Trinajstić information content (AvgIpc) is 3.61. The number of anilines is 2. The molecule has 12 heteroatoms. The number of pyridine rings is 1. The lowest BCUT2D eigenvalue weighted by Gasteiger charge is -2.38. The molecule has 0 saturated carbocycles. The highest BCUT2D eigenvalue weighted by atomic mass is 19.4. The van der Waals surface area contributed by atoms with E-state index < -0.39 is 36.3 Å². The van der Waals surface area contributed by atoms with E-state index in [0.717, 1.165) is 22.4 Å². The summed E-state index contributed by atoms with van der Waals surface area (Å²) in [4.78, 5) is 35.4. The summed E-state index contributed by atoms with van der Waals surface area (Å²) in [6.07, 6.45) is -1.71. The van der Waals surface area contributed by atoms with E-state index >= 15 is 0 Å². The Morgan fingerprint density at radius 1 is 0.900 bits per heavy atom. The van der Waals surface area contributed by atoms with Crippen LogP contribution in [0.5, 0.6) is 5.75 Å². The number of aryl methyl sites for hydroxylation is 1. The largest absolute Gasteiger partial charge is 0.508 e. The van der Waals surface area contributed by atoms with Crippen molar-refractivity contribution in [2.75, 3.05) is 4.90 Å². The van der Waals surface area contributed by atoms with Crippen molar-refractivity contribution in [3.63, 3.8) is 0 Å². The SMILES string of the molecule is Cc1c(C(=O)N(c2ccc(O)cc2)c2cnc3c(ccn3C)c2)cc(-c2cc(F)ccc2C(=O)N2Cc3ccccc3C[C@H]2C(F)(F)F)n1C. The van der Waals surface area contributed by atoms with Gasteiger partial charge in [-0.05, 0) is 78.7 Å². The summed E-state index contributed by atoms with van der Waals surface area (Å²) in [5.41, 5.74) is 3.53. The first-order chi connectivity index (χ1) is 23.8. The van der Waals surface area contributed by atoms with E-state index in [9.17, 15) is 32.3 Å². The number of carbonyl (C=O) groups excluding carboxylic acids is 2. The predicted octanol–water partition coefficient (Wildman–Crippen LogP) is 7.84. The first-order valence-corrected chi connectivity index (χ1v) is 15.8. The van der Waals surface area contributed by atoms with Gasteiger partial charge in [0.2, 0.25) is 0 Å². The smallest absolute Gasteiger partial charge is 0.409 e. The molecule has 1 aliphatic heterocycles. The summed E-state index contributed by atoms with van der Waals surface area (Å²) in [5, 5.41) is 10.8. The number of phenols is 1. The highest BCUT2D eigenvalue weighted by Crippen LogP contribution is 2.38. The minimum Gasteiger partial charge on any atom is -0.508 e. The zero-order chi connectivity index (χ0) is 35.5. The van der Waals surface area contributed by atoms with Crippen LogP contribution in [0.4, 0.5) is 28.9 Å². The van der Waals surface area contributed by atoms with Gasteiger partial charge in [-0.2, -0.15) is 13.2 Å². The maximum absolute atomic E-state index is 14.9. The molecular formula is C38H31F4N5O3. The molecule has 7 rings (SSSR count). The fraction of sp³-hybridized carbons (Fsp3) is 0.184. The van der Waals surface area contributed by atoms with Crippen molar-refractivity contribution in [2.45, 2.75) is 32.1 Å². The first-order valence-electron chi connectivity index (χ1n) is 15.8. The number of halogens is 4. The second-order valence-electron chi connectivity index (χ2n) is 12.4. The molecule has 1 aliphatic rings. The molecule has 8 nitrogen and oxygen atoms in total. The zero-order valence-electron chi connectivity index (χ0n) is 27.2. The lowest BCUT2D eigenvalue weighted by atomic mass is 9.92. The average molecular weight is 682 g/mol. The Kier molecular flexibility index (Phi) is 7.96. The number of phenolic OH excluding ortho intramolecular Hbond substituents is 1. The normalized spacial score (nSPS) is 14.5. The summed E-state index contributed by atoms with van der Waals surface area (Å²) in [6, 6.07) is 19.2. The number of rotatable bonds is 5. The van der Waals surface area contributed by atoms with Gasteiger partial charge in [0.1, 0.15) is 23.3 Å². The molecule has 0 fully saturated rings. The van der Waals surface area contributed by atoms with Crippen LogP contribution in [-0.4, -0.2) is 48.2 Å². The minimum atomic E-state index is -4.71. The van der Waals surface area contributed by atoms with Gasteiger partial charge in [0.15, 0.2) is 0 Å². The Morgan fingerprint density at radius 2 is 1.62 bits per heavy atom. The van der Waals surface area contributed by atoms with E-state index in [0.29, 0.717) is 33.8 Å². The molecule has 0 unspecified atom stereocenters. The fourth-order valence-corrected chi connectivity index (χ4v) is 6.64. The van der Waals surface area contributed by atoms with Crippen LogP contribution in [0.3, 0.4) is 0 Å². The predicted molar refractivity (Wildman–Crippen MR) is 181 cm³/mol. The number of hydrogen-bond acceptors (Lipinski definition) is 4. The number of fused-ring (bicyclic) bond motifs is 2. The maximum Gasteiger partial charge on any atom is 0.409 e. The van der Waals surface area contributed by atoms with Gasteiger partial charge >= 0.3 is 6.18 Å². The molecule has 1 atom stereocenters. The van der Waals surface area contributed by atoms with E-state index in [1.54, 1.807) is 61.1 Å². The van der Waals surface area contributed by atoms with E-state index in [1.165, 1.54) is 29.2 Å².